The van der Waals surface area contributed by atoms with Gasteiger partial charge in [0.1, 0.15) is 6.04 Å². The minimum atomic E-state index is -0.817. The number of carboxylic acids is 1. The fourth-order valence-electron chi connectivity index (χ4n) is 2.45. The molecule has 0 aromatic rings. The topological polar surface area (TPSA) is 61.7 Å². The summed E-state index contributed by atoms with van der Waals surface area (Å²) in [5.41, 5.74) is 0. The summed E-state index contributed by atoms with van der Waals surface area (Å²) < 4.78 is 0. The third kappa shape index (κ3) is 12.9. The van der Waals surface area contributed by atoms with Gasteiger partial charge in [0.05, 0.1) is 11.7 Å². The maximum Gasteiger partial charge on any atom is 0.320 e. The third-order valence-electron chi connectivity index (χ3n) is 3.91. The van der Waals surface area contributed by atoms with Crippen molar-refractivity contribution in [3.63, 3.8) is 0 Å². The number of nitrogens with one attached hydrogen (secondary N) is 1. The Labute approximate surface area is 140 Å². The standard InChI is InChI=1S/C17H32N2O2S/c1-3-4-5-6-7-8-9-10-15(2)13-19-16(17(20)21)11-12-18-14-22/h15-16,19H,3-13H2,1-2H3,(H,20,21). The van der Waals surface area contributed by atoms with E-state index in [9.17, 15) is 4.79 Å². The van der Waals surface area contributed by atoms with E-state index in [1.54, 1.807) is 0 Å². The summed E-state index contributed by atoms with van der Waals surface area (Å²) in [6.07, 6.45) is 10.8. The molecule has 0 aliphatic rings. The van der Waals surface area contributed by atoms with Gasteiger partial charge >= 0.3 is 5.97 Å². The second-order valence-electron chi connectivity index (χ2n) is 6.08. The van der Waals surface area contributed by atoms with Gasteiger partial charge in [-0.1, -0.05) is 58.8 Å². The molecule has 0 aliphatic heterocycles. The minimum Gasteiger partial charge on any atom is -0.480 e. The molecular formula is C17H32N2O2S. The van der Waals surface area contributed by atoms with Gasteiger partial charge in [0.2, 0.25) is 0 Å². The average Bonchev–Trinajstić information content (AvgIpc) is 2.49. The fourth-order valence-corrected chi connectivity index (χ4v) is 2.54. The lowest BCUT2D eigenvalue weighted by Gasteiger charge is -2.17. The minimum absolute atomic E-state index is 0.416. The Hall–Kier alpha value is -0.770. The van der Waals surface area contributed by atoms with Crippen molar-refractivity contribution in [3.8, 4) is 0 Å². The highest BCUT2D eigenvalue weighted by Crippen LogP contribution is 2.12. The first kappa shape index (κ1) is 21.2. The van der Waals surface area contributed by atoms with Crippen LogP contribution in [0.4, 0.5) is 0 Å². The van der Waals surface area contributed by atoms with Crippen molar-refractivity contribution in [1.82, 2.24) is 5.32 Å². The number of hydrogen-bond donors (Lipinski definition) is 2. The second kappa shape index (κ2) is 15.1. The maximum absolute atomic E-state index is 11.1. The predicted molar refractivity (Wildman–Crippen MR) is 95.7 cm³/mol. The van der Waals surface area contributed by atoms with Crippen molar-refractivity contribution in [2.45, 2.75) is 77.7 Å². The average molecular weight is 329 g/mol. The molecule has 4 nitrogen and oxygen atoms in total. The van der Waals surface area contributed by atoms with Gasteiger partial charge in [-0.05, 0) is 37.5 Å². The van der Waals surface area contributed by atoms with Crippen molar-refractivity contribution in [2.24, 2.45) is 10.9 Å². The molecule has 0 radical (unpaired) electrons. The number of unbranched alkanes of at least 4 members (excludes halogenated alkanes) is 6. The Morgan fingerprint density at radius 1 is 1.18 bits per heavy atom. The van der Waals surface area contributed by atoms with Crippen LogP contribution < -0.4 is 5.32 Å². The number of carbonyl (C=O) groups is 1. The number of isothiocyanates is 1. The fraction of sp³-hybridized carbons (Fsp3) is 0.882. The van der Waals surface area contributed by atoms with E-state index >= 15 is 0 Å². The van der Waals surface area contributed by atoms with Crippen LogP contribution in [0, 0.1) is 5.92 Å². The lowest BCUT2D eigenvalue weighted by molar-refractivity contribution is -0.139. The van der Waals surface area contributed by atoms with Gasteiger partial charge in [0.15, 0.2) is 0 Å². The summed E-state index contributed by atoms with van der Waals surface area (Å²) >= 11 is 4.48. The van der Waals surface area contributed by atoms with Gasteiger partial charge in [-0.25, -0.2) is 4.99 Å². The molecule has 2 atom stereocenters. The van der Waals surface area contributed by atoms with Crippen LogP contribution in [0.1, 0.15) is 71.6 Å². The molecule has 0 amide bonds. The molecule has 22 heavy (non-hydrogen) atoms. The van der Waals surface area contributed by atoms with Gasteiger partial charge in [-0.2, -0.15) is 0 Å². The van der Waals surface area contributed by atoms with Gasteiger partial charge in [-0.3, -0.25) is 4.79 Å². The summed E-state index contributed by atoms with van der Waals surface area (Å²) in [7, 11) is 0. The molecule has 0 bridgehead atoms. The van der Waals surface area contributed by atoms with Crippen LogP contribution in [0.5, 0.6) is 0 Å². The molecule has 128 valence electrons. The van der Waals surface area contributed by atoms with Crippen LogP contribution in [0.15, 0.2) is 4.99 Å². The van der Waals surface area contributed by atoms with Gasteiger partial charge < -0.3 is 10.4 Å². The Morgan fingerprint density at radius 2 is 1.82 bits per heavy atom. The third-order valence-corrected chi connectivity index (χ3v) is 4.03. The van der Waals surface area contributed by atoms with Gasteiger partial charge in [-0.15, -0.1) is 0 Å². The zero-order valence-electron chi connectivity index (χ0n) is 14.1. The monoisotopic (exact) mass is 328 g/mol. The highest BCUT2D eigenvalue weighted by Gasteiger charge is 2.16. The molecule has 2 unspecified atom stereocenters. The number of carboxylic acid groups (broad SMARTS) is 1. The molecular weight excluding hydrogens is 296 g/mol. The van der Waals surface area contributed by atoms with Crippen LogP contribution >= 0.6 is 12.2 Å². The largest absolute Gasteiger partial charge is 0.480 e. The molecule has 0 spiro atoms. The highest BCUT2D eigenvalue weighted by atomic mass is 32.1. The van der Waals surface area contributed by atoms with Crippen molar-refractivity contribution in [3.05, 3.63) is 0 Å². The quantitative estimate of drug-likeness (QED) is 0.267. The number of aliphatic carboxylic acids is 1. The smallest absolute Gasteiger partial charge is 0.320 e. The number of nitrogens with zero attached hydrogens (tertiary/aromatic N) is 1. The van der Waals surface area contributed by atoms with Crippen LogP contribution in [-0.4, -0.2) is 35.4 Å². The molecule has 0 aromatic heterocycles. The first-order valence-corrected chi connectivity index (χ1v) is 9.02. The zero-order valence-corrected chi connectivity index (χ0v) is 15.0. The van der Waals surface area contributed by atoms with Crippen LogP contribution in [0.25, 0.3) is 0 Å². The van der Waals surface area contributed by atoms with E-state index in [2.05, 4.69) is 41.5 Å². The van der Waals surface area contributed by atoms with Crippen molar-refractivity contribution >= 4 is 23.3 Å². The number of hydrogen-bond acceptors (Lipinski definition) is 4. The number of rotatable bonds is 15. The van der Waals surface area contributed by atoms with Gasteiger partial charge in [0, 0.05) is 0 Å². The van der Waals surface area contributed by atoms with Crippen LogP contribution in [-0.2, 0) is 4.79 Å². The Bertz CT molecular complexity index is 331. The SMILES string of the molecule is CCCCCCCCCC(C)CNC(CCN=C=S)C(=O)O. The molecule has 5 heteroatoms. The van der Waals surface area contributed by atoms with E-state index in [-0.39, 0.29) is 0 Å². The first-order valence-electron chi connectivity index (χ1n) is 8.61. The summed E-state index contributed by atoms with van der Waals surface area (Å²) in [5.74, 6) is -0.311. The molecule has 0 saturated heterocycles. The summed E-state index contributed by atoms with van der Waals surface area (Å²) in [6.45, 7) is 5.58. The Balaban J connectivity index is 3.69. The molecule has 0 rings (SSSR count). The van der Waals surface area contributed by atoms with Gasteiger partial charge in [0.25, 0.3) is 0 Å². The van der Waals surface area contributed by atoms with E-state index in [4.69, 9.17) is 5.11 Å². The Kier molecular flexibility index (Phi) is 14.6. The Morgan fingerprint density at radius 3 is 2.41 bits per heavy atom. The number of aliphatic imine (C=N–C) groups is 1. The van der Waals surface area contributed by atoms with Crippen molar-refractivity contribution < 1.29 is 9.90 Å². The summed E-state index contributed by atoms with van der Waals surface area (Å²) in [4.78, 5) is 14.9. The first-order chi connectivity index (χ1) is 10.6. The van der Waals surface area contributed by atoms with E-state index in [1.165, 1.54) is 44.9 Å². The van der Waals surface area contributed by atoms with E-state index < -0.39 is 12.0 Å². The molecule has 2 N–H and O–H groups in total. The summed E-state index contributed by atoms with van der Waals surface area (Å²) in [5, 5.41) is 14.5. The van der Waals surface area contributed by atoms with E-state index in [0.29, 0.717) is 18.9 Å². The van der Waals surface area contributed by atoms with Crippen LogP contribution in [0.2, 0.25) is 0 Å². The second-order valence-corrected chi connectivity index (χ2v) is 6.26. The van der Waals surface area contributed by atoms with E-state index in [1.807, 2.05) is 0 Å². The molecule has 0 aromatic carbocycles. The van der Waals surface area contributed by atoms with Crippen molar-refractivity contribution in [2.75, 3.05) is 13.1 Å². The molecule has 0 aliphatic carbocycles. The van der Waals surface area contributed by atoms with Crippen molar-refractivity contribution in [1.29, 1.82) is 0 Å². The lowest BCUT2D eigenvalue weighted by Crippen LogP contribution is -2.39. The zero-order chi connectivity index (χ0) is 16.6. The maximum atomic E-state index is 11.1. The lowest BCUT2D eigenvalue weighted by atomic mass is 10.0. The summed E-state index contributed by atoms with van der Waals surface area (Å²) in [6, 6.07) is -0.538. The molecule has 0 fully saturated rings. The molecule has 0 saturated carbocycles. The van der Waals surface area contributed by atoms with E-state index in [0.717, 1.165) is 13.0 Å². The normalized spacial score (nSPS) is 13.4. The molecule has 0 heterocycles. The predicted octanol–water partition coefficient (Wildman–Crippen LogP) is 4.30. The number of thiocarbonyl (C=S) groups is 1. The van der Waals surface area contributed by atoms with Crippen LogP contribution in [0.3, 0.4) is 0 Å². The highest BCUT2D eigenvalue weighted by molar-refractivity contribution is 7.78.